The SMILES string of the molecule is ClCCNc1ccccc1C1=NC(Cl)(C(Cl)(Cl)Cl)NC(C(Cl)(Cl)Cl)=N1. The van der Waals surface area contributed by atoms with Gasteiger partial charge in [0.2, 0.25) is 7.59 Å². The van der Waals surface area contributed by atoms with E-state index in [9.17, 15) is 0 Å². The van der Waals surface area contributed by atoms with Crippen LogP contribution in [0.2, 0.25) is 0 Å². The quantitative estimate of drug-likeness (QED) is 0.406. The Morgan fingerprint density at radius 3 is 2.28 bits per heavy atom. The van der Waals surface area contributed by atoms with Crippen LogP contribution in [0, 0.1) is 0 Å². The van der Waals surface area contributed by atoms with Gasteiger partial charge in [-0.15, -0.1) is 11.6 Å². The molecule has 0 aromatic heterocycles. The summed E-state index contributed by atoms with van der Waals surface area (Å²) >= 11 is 47.7. The maximum atomic E-state index is 6.36. The van der Waals surface area contributed by atoms with Gasteiger partial charge in [-0.25, -0.2) is 9.98 Å². The lowest BCUT2D eigenvalue weighted by Gasteiger charge is -2.36. The molecule has 1 aliphatic heterocycles. The van der Waals surface area contributed by atoms with Crippen LogP contribution in [0.25, 0.3) is 0 Å². The van der Waals surface area contributed by atoms with Crippen molar-refractivity contribution in [2.75, 3.05) is 17.7 Å². The Morgan fingerprint density at radius 2 is 1.72 bits per heavy atom. The summed E-state index contributed by atoms with van der Waals surface area (Å²) in [4.78, 5) is 8.45. The van der Waals surface area contributed by atoms with Crippen LogP contribution in [0.4, 0.5) is 5.69 Å². The van der Waals surface area contributed by atoms with Crippen LogP contribution in [-0.4, -0.2) is 36.8 Å². The highest BCUT2D eigenvalue weighted by molar-refractivity contribution is 6.77. The van der Waals surface area contributed by atoms with Crippen LogP contribution < -0.4 is 10.6 Å². The van der Waals surface area contributed by atoms with E-state index in [1.54, 1.807) is 12.1 Å². The molecule has 0 aliphatic carbocycles. The predicted molar refractivity (Wildman–Crippen MR) is 112 cm³/mol. The second-order valence-corrected chi connectivity index (χ2v) is 10.3. The molecule has 12 heteroatoms. The lowest BCUT2D eigenvalue weighted by Crippen LogP contribution is -2.57. The van der Waals surface area contributed by atoms with Crippen molar-refractivity contribution in [3.63, 3.8) is 0 Å². The van der Waals surface area contributed by atoms with E-state index in [2.05, 4.69) is 20.6 Å². The van der Waals surface area contributed by atoms with Gasteiger partial charge in [0.05, 0.1) is 0 Å². The molecule has 0 amide bonds. The molecule has 2 rings (SSSR count). The third-order valence-electron chi connectivity index (χ3n) is 2.98. The van der Waals surface area contributed by atoms with Crippen molar-refractivity contribution >= 4 is 110 Å². The topological polar surface area (TPSA) is 48.8 Å². The van der Waals surface area contributed by atoms with E-state index < -0.39 is 12.7 Å². The van der Waals surface area contributed by atoms with Gasteiger partial charge in [-0.05, 0) is 12.1 Å². The maximum Gasteiger partial charge on any atom is 0.257 e. The molecule has 25 heavy (non-hydrogen) atoms. The van der Waals surface area contributed by atoms with Crippen molar-refractivity contribution in [2.45, 2.75) is 12.7 Å². The number of alkyl halides is 8. The van der Waals surface area contributed by atoms with Crippen molar-refractivity contribution in [2.24, 2.45) is 9.98 Å². The van der Waals surface area contributed by atoms with E-state index >= 15 is 0 Å². The van der Waals surface area contributed by atoms with E-state index in [0.29, 0.717) is 23.7 Å². The predicted octanol–water partition coefficient (Wildman–Crippen LogP) is 5.72. The molecule has 0 fully saturated rings. The minimum Gasteiger partial charge on any atom is -0.383 e. The molecular weight excluding hydrogens is 496 g/mol. The molecule has 1 atom stereocenters. The minimum atomic E-state index is -2.06. The Labute approximate surface area is 184 Å². The average Bonchev–Trinajstić information content (AvgIpc) is 2.51. The first-order valence-corrected chi connectivity index (χ1v) is 9.85. The summed E-state index contributed by atoms with van der Waals surface area (Å²) in [5.41, 5.74) is 1.26. The Bertz CT molecular complexity index is 694. The second kappa shape index (κ2) is 8.24. The van der Waals surface area contributed by atoms with Gasteiger partial charge >= 0.3 is 0 Å². The van der Waals surface area contributed by atoms with Crippen molar-refractivity contribution in [3.8, 4) is 0 Å². The van der Waals surface area contributed by atoms with Gasteiger partial charge in [-0.2, -0.15) is 0 Å². The molecule has 1 heterocycles. The number of aliphatic imine (C=N–C) groups is 2. The molecule has 0 spiro atoms. The number of rotatable bonds is 4. The minimum absolute atomic E-state index is 0.124. The van der Waals surface area contributed by atoms with Crippen molar-refractivity contribution < 1.29 is 0 Å². The molecule has 1 aliphatic rings. The third-order valence-corrected chi connectivity index (χ3v) is 5.28. The van der Waals surface area contributed by atoms with Crippen LogP contribution in [0.15, 0.2) is 34.3 Å². The van der Waals surface area contributed by atoms with Crippen molar-refractivity contribution in [1.29, 1.82) is 0 Å². The summed E-state index contributed by atoms with van der Waals surface area (Å²) < 4.78 is -3.99. The monoisotopic (exact) mass is 502 g/mol. The normalized spacial score (nSPS) is 21.3. The summed E-state index contributed by atoms with van der Waals surface area (Å²) in [5.74, 6) is 0.397. The number of hydrogen-bond donors (Lipinski definition) is 2. The summed E-state index contributed by atoms with van der Waals surface area (Å²) in [7, 11) is 0. The number of nitrogens with zero attached hydrogens (tertiary/aromatic N) is 2. The lowest BCUT2D eigenvalue weighted by atomic mass is 10.1. The Hall–Kier alpha value is 0.480. The zero-order chi connectivity index (χ0) is 18.9. The number of hydrogen-bond acceptors (Lipinski definition) is 4. The molecule has 0 bridgehead atoms. The summed E-state index contributed by atoms with van der Waals surface area (Å²) in [6.07, 6.45) is 0. The summed E-state index contributed by atoms with van der Waals surface area (Å²) in [6.45, 7) is 0.515. The Morgan fingerprint density at radius 1 is 1.08 bits per heavy atom. The first-order valence-electron chi connectivity index (χ1n) is 6.67. The van der Waals surface area contributed by atoms with Gasteiger partial charge in [-0.1, -0.05) is 93.3 Å². The average molecular weight is 506 g/mol. The largest absolute Gasteiger partial charge is 0.383 e. The smallest absolute Gasteiger partial charge is 0.257 e. The van der Waals surface area contributed by atoms with Crippen molar-refractivity contribution in [1.82, 2.24) is 5.32 Å². The highest BCUT2D eigenvalue weighted by Crippen LogP contribution is 2.45. The van der Waals surface area contributed by atoms with E-state index in [-0.39, 0.29) is 11.7 Å². The molecule has 0 saturated carbocycles. The van der Waals surface area contributed by atoms with Gasteiger partial charge in [-0.3, -0.25) is 0 Å². The number of nitrogens with one attached hydrogen (secondary N) is 2. The highest BCUT2D eigenvalue weighted by Gasteiger charge is 2.52. The number of benzene rings is 1. The standard InChI is InChI=1S/C13H10Cl8N4/c14-5-6-22-8-4-2-1-3-7(8)9-23-10(11(15,16)17)25-13(21,24-9)12(18,19)20/h1-4,22H,5-6H2,(H,23,24,25). The maximum absolute atomic E-state index is 6.36. The van der Waals surface area contributed by atoms with Gasteiger partial charge in [0.1, 0.15) is 0 Å². The van der Waals surface area contributed by atoms with Gasteiger partial charge in [0, 0.05) is 23.7 Å². The van der Waals surface area contributed by atoms with E-state index in [1.165, 1.54) is 0 Å². The molecular formula is C13H10Cl8N4. The molecule has 1 aromatic carbocycles. The van der Waals surface area contributed by atoms with Crippen LogP contribution in [-0.2, 0) is 0 Å². The number of anilines is 1. The van der Waals surface area contributed by atoms with E-state index in [4.69, 9.17) is 92.8 Å². The van der Waals surface area contributed by atoms with Crippen LogP contribution in [0.1, 0.15) is 5.56 Å². The van der Waals surface area contributed by atoms with Crippen LogP contribution in [0.3, 0.4) is 0 Å². The lowest BCUT2D eigenvalue weighted by molar-refractivity contribution is 0.564. The van der Waals surface area contributed by atoms with Gasteiger partial charge < -0.3 is 10.6 Å². The molecule has 138 valence electrons. The van der Waals surface area contributed by atoms with Gasteiger partial charge in [0.25, 0.3) is 5.12 Å². The fourth-order valence-corrected chi connectivity index (χ4v) is 2.69. The van der Waals surface area contributed by atoms with Gasteiger partial charge in [0.15, 0.2) is 11.7 Å². The zero-order valence-electron chi connectivity index (χ0n) is 12.1. The molecule has 0 radical (unpaired) electrons. The zero-order valence-corrected chi connectivity index (χ0v) is 18.2. The van der Waals surface area contributed by atoms with Crippen molar-refractivity contribution in [3.05, 3.63) is 29.8 Å². The first-order chi connectivity index (χ1) is 11.5. The molecule has 2 N–H and O–H groups in total. The summed E-state index contributed by atoms with van der Waals surface area (Å²) in [6, 6.07) is 7.16. The fraction of sp³-hybridized carbons (Fsp3) is 0.385. The van der Waals surface area contributed by atoms with E-state index in [1.807, 2.05) is 12.1 Å². The highest BCUT2D eigenvalue weighted by atomic mass is 35.6. The number of halogens is 8. The number of amidine groups is 2. The van der Waals surface area contributed by atoms with Crippen LogP contribution in [0.5, 0.6) is 0 Å². The second-order valence-electron chi connectivity index (χ2n) is 4.80. The fourth-order valence-electron chi connectivity index (χ4n) is 1.89. The Balaban J connectivity index is 2.59. The van der Waals surface area contributed by atoms with E-state index in [0.717, 1.165) is 0 Å². The molecule has 1 unspecified atom stereocenters. The van der Waals surface area contributed by atoms with Crippen LogP contribution >= 0.6 is 92.8 Å². The molecule has 0 saturated heterocycles. The third kappa shape index (κ3) is 5.26. The Kier molecular flexibility index (Phi) is 7.17. The number of para-hydroxylation sites is 1. The molecule has 1 aromatic rings. The first kappa shape index (κ1) is 21.8. The molecule has 4 nitrogen and oxygen atoms in total. The summed E-state index contributed by atoms with van der Waals surface area (Å²) in [5, 5.41) is 3.78.